The lowest BCUT2D eigenvalue weighted by molar-refractivity contribution is -0.143. The van der Waals surface area contributed by atoms with Crippen molar-refractivity contribution in [3.8, 4) is 5.75 Å². The van der Waals surface area contributed by atoms with Crippen molar-refractivity contribution in [2.45, 2.75) is 57.7 Å². The van der Waals surface area contributed by atoms with Crippen molar-refractivity contribution in [2.24, 2.45) is 0 Å². The number of nitrogens with one attached hydrogen (secondary N) is 1. The van der Waals surface area contributed by atoms with Crippen LogP contribution < -0.4 is 10.1 Å². The first-order valence-corrected chi connectivity index (χ1v) is 13.3. The second kappa shape index (κ2) is 12.7. The van der Waals surface area contributed by atoms with E-state index in [-0.39, 0.29) is 24.5 Å². The molecule has 3 aromatic rings. The maximum atomic E-state index is 13.7. The van der Waals surface area contributed by atoms with E-state index in [0.29, 0.717) is 18.7 Å². The first-order chi connectivity index (χ1) is 17.5. The minimum atomic E-state index is -0.644. The summed E-state index contributed by atoms with van der Waals surface area (Å²) in [6, 6.07) is 24.9. The van der Waals surface area contributed by atoms with Crippen molar-refractivity contribution in [1.82, 2.24) is 10.2 Å². The Hall–Kier alpha value is -3.12. The Morgan fingerprint density at radius 2 is 1.67 bits per heavy atom. The molecule has 0 aliphatic heterocycles. The number of ether oxygens (including phenoxy) is 1. The lowest BCUT2D eigenvalue weighted by Gasteiger charge is -2.32. The summed E-state index contributed by atoms with van der Waals surface area (Å²) < 4.78 is 6.77. The summed E-state index contributed by atoms with van der Waals surface area (Å²) in [5.74, 6) is 0.286. The van der Waals surface area contributed by atoms with Crippen LogP contribution in [0.2, 0.25) is 0 Å². The number of rotatable bonds is 10. The zero-order valence-electron chi connectivity index (χ0n) is 20.7. The van der Waals surface area contributed by atoms with E-state index >= 15 is 0 Å². The van der Waals surface area contributed by atoms with Crippen LogP contribution in [-0.4, -0.2) is 35.4 Å². The molecule has 0 saturated heterocycles. The van der Waals surface area contributed by atoms with E-state index in [1.807, 2.05) is 79.7 Å². The number of benzene rings is 3. The fourth-order valence-corrected chi connectivity index (χ4v) is 4.95. The molecule has 36 heavy (non-hydrogen) atoms. The molecule has 188 valence electrons. The maximum Gasteiger partial charge on any atom is 0.261 e. The third-order valence-electron chi connectivity index (χ3n) is 6.58. The van der Waals surface area contributed by atoms with Crippen LogP contribution in [0.1, 0.15) is 42.4 Å². The van der Waals surface area contributed by atoms with Gasteiger partial charge in [0.1, 0.15) is 11.8 Å². The molecule has 1 aliphatic carbocycles. The summed E-state index contributed by atoms with van der Waals surface area (Å²) in [6.07, 6.45) is 4.67. The highest BCUT2D eigenvalue weighted by molar-refractivity contribution is 9.10. The van der Waals surface area contributed by atoms with Gasteiger partial charge < -0.3 is 15.0 Å². The maximum absolute atomic E-state index is 13.7. The molecule has 1 atom stereocenters. The predicted molar refractivity (Wildman–Crippen MR) is 146 cm³/mol. The number of carbonyl (C=O) groups is 2. The van der Waals surface area contributed by atoms with Gasteiger partial charge in [0.2, 0.25) is 5.91 Å². The van der Waals surface area contributed by atoms with E-state index in [1.165, 1.54) is 0 Å². The molecule has 3 aromatic carbocycles. The SMILES string of the molecule is Cc1cccc(CN(C(=O)COc2ccc(Br)cc2)C(Cc2ccccc2)C(=O)NC2CCCC2)c1. The minimum Gasteiger partial charge on any atom is -0.484 e. The molecule has 1 unspecified atom stereocenters. The van der Waals surface area contributed by atoms with E-state index in [0.717, 1.165) is 46.8 Å². The Bertz CT molecular complexity index is 1140. The standard InChI is InChI=1S/C30H33BrN2O3/c1-22-8-7-11-24(18-22)20-33(29(34)21-36-27-16-14-25(31)15-17-27)28(19-23-9-3-2-4-10-23)30(35)32-26-12-5-6-13-26/h2-4,7-11,14-18,26,28H,5-6,12-13,19-21H2,1H3,(H,32,35). The summed E-state index contributed by atoms with van der Waals surface area (Å²) in [5, 5.41) is 3.23. The van der Waals surface area contributed by atoms with Gasteiger partial charge in [-0.15, -0.1) is 0 Å². The van der Waals surface area contributed by atoms with Gasteiger partial charge in [-0.2, -0.15) is 0 Å². The van der Waals surface area contributed by atoms with Crippen molar-refractivity contribution in [3.63, 3.8) is 0 Å². The Labute approximate surface area is 222 Å². The smallest absolute Gasteiger partial charge is 0.261 e. The van der Waals surface area contributed by atoms with Crippen LogP contribution in [0.25, 0.3) is 0 Å². The van der Waals surface area contributed by atoms with Crippen LogP contribution in [0.3, 0.4) is 0 Å². The van der Waals surface area contributed by atoms with Crippen molar-refractivity contribution in [1.29, 1.82) is 0 Å². The molecule has 0 heterocycles. The highest BCUT2D eigenvalue weighted by Crippen LogP contribution is 2.21. The number of amides is 2. The van der Waals surface area contributed by atoms with Gasteiger partial charge in [0.05, 0.1) is 0 Å². The van der Waals surface area contributed by atoms with Gasteiger partial charge in [-0.25, -0.2) is 0 Å². The van der Waals surface area contributed by atoms with Crippen LogP contribution in [0.15, 0.2) is 83.3 Å². The Kier molecular flexibility index (Phi) is 9.17. The number of hydrogen-bond acceptors (Lipinski definition) is 3. The van der Waals surface area contributed by atoms with E-state index < -0.39 is 6.04 Å². The molecule has 1 aliphatic rings. The summed E-state index contributed by atoms with van der Waals surface area (Å²) in [7, 11) is 0. The average Bonchev–Trinajstić information content (AvgIpc) is 3.39. The zero-order valence-corrected chi connectivity index (χ0v) is 22.2. The van der Waals surface area contributed by atoms with Crippen molar-refractivity contribution < 1.29 is 14.3 Å². The Balaban J connectivity index is 1.60. The number of carbonyl (C=O) groups excluding carboxylic acids is 2. The van der Waals surface area contributed by atoms with E-state index in [9.17, 15) is 9.59 Å². The summed E-state index contributed by atoms with van der Waals surface area (Å²) >= 11 is 3.42. The van der Waals surface area contributed by atoms with Gasteiger partial charge in [0, 0.05) is 23.5 Å². The minimum absolute atomic E-state index is 0.101. The first kappa shape index (κ1) is 26.0. The molecule has 0 radical (unpaired) electrons. The van der Waals surface area contributed by atoms with Crippen LogP contribution in [-0.2, 0) is 22.6 Å². The lowest BCUT2D eigenvalue weighted by atomic mass is 10.0. The average molecular weight is 550 g/mol. The van der Waals surface area contributed by atoms with Gasteiger partial charge in [0.15, 0.2) is 6.61 Å². The second-order valence-corrected chi connectivity index (χ2v) is 10.4. The predicted octanol–water partition coefficient (Wildman–Crippen LogP) is 5.84. The fraction of sp³-hybridized carbons (Fsp3) is 0.333. The molecular formula is C30H33BrN2O3. The topological polar surface area (TPSA) is 58.6 Å². The molecule has 0 spiro atoms. The molecule has 2 amide bonds. The largest absolute Gasteiger partial charge is 0.484 e. The van der Waals surface area contributed by atoms with Crippen LogP contribution in [0.5, 0.6) is 5.75 Å². The van der Waals surface area contributed by atoms with Gasteiger partial charge >= 0.3 is 0 Å². The van der Waals surface area contributed by atoms with Gasteiger partial charge in [0.25, 0.3) is 5.91 Å². The first-order valence-electron chi connectivity index (χ1n) is 12.6. The van der Waals surface area contributed by atoms with Crippen LogP contribution in [0, 0.1) is 6.92 Å². The number of halogens is 1. The van der Waals surface area contributed by atoms with E-state index in [4.69, 9.17) is 4.74 Å². The molecule has 4 rings (SSSR count). The molecule has 1 saturated carbocycles. The van der Waals surface area contributed by atoms with Gasteiger partial charge in [-0.05, 0) is 55.2 Å². The molecule has 1 fully saturated rings. The normalized spacial score (nSPS) is 14.3. The van der Waals surface area contributed by atoms with Gasteiger partial charge in [-0.3, -0.25) is 9.59 Å². The van der Waals surface area contributed by atoms with Crippen molar-refractivity contribution in [2.75, 3.05) is 6.61 Å². The van der Waals surface area contributed by atoms with Crippen molar-refractivity contribution >= 4 is 27.7 Å². The highest BCUT2D eigenvalue weighted by atomic mass is 79.9. The quantitative estimate of drug-likeness (QED) is 0.346. The summed E-state index contributed by atoms with van der Waals surface area (Å²) in [5.41, 5.74) is 3.11. The van der Waals surface area contributed by atoms with Crippen LogP contribution >= 0.6 is 15.9 Å². The zero-order chi connectivity index (χ0) is 25.3. The highest BCUT2D eigenvalue weighted by Gasteiger charge is 2.32. The molecule has 1 N–H and O–H groups in total. The number of nitrogens with zero attached hydrogens (tertiary/aromatic N) is 1. The monoisotopic (exact) mass is 548 g/mol. The van der Waals surface area contributed by atoms with E-state index in [1.54, 1.807) is 4.90 Å². The van der Waals surface area contributed by atoms with Crippen LogP contribution in [0.4, 0.5) is 0 Å². The third-order valence-corrected chi connectivity index (χ3v) is 7.11. The lowest BCUT2D eigenvalue weighted by Crippen LogP contribution is -2.53. The molecular weight excluding hydrogens is 516 g/mol. The molecule has 0 bridgehead atoms. The number of hydrogen-bond donors (Lipinski definition) is 1. The Morgan fingerprint density at radius 1 is 0.972 bits per heavy atom. The summed E-state index contributed by atoms with van der Waals surface area (Å²) in [4.78, 5) is 29.0. The summed E-state index contributed by atoms with van der Waals surface area (Å²) in [6.45, 7) is 2.22. The number of aryl methyl sites for hydroxylation is 1. The molecule has 5 nitrogen and oxygen atoms in total. The van der Waals surface area contributed by atoms with E-state index in [2.05, 4.69) is 27.3 Å². The van der Waals surface area contributed by atoms with Crippen molar-refractivity contribution in [3.05, 3.63) is 100 Å². The molecule has 6 heteroatoms. The fourth-order valence-electron chi connectivity index (χ4n) is 4.69. The van der Waals surface area contributed by atoms with Gasteiger partial charge in [-0.1, -0.05) is 88.9 Å². The second-order valence-electron chi connectivity index (χ2n) is 9.45. The molecule has 0 aromatic heterocycles. The Morgan fingerprint density at radius 3 is 2.36 bits per heavy atom. The third kappa shape index (κ3) is 7.44.